The molecule has 0 unspecified atom stereocenters. The second-order valence-corrected chi connectivity index (χ2v) is 7.51. The molecule has 164 valence electrons. The molecule has 4 aromatic rings. The largest absolute Gasteiger partial charge is 0.497 e. The molecule has 0 fully saturated rings. The number of nitrogens with one attached hydrogen (secondary N) is 2. The molecule has 2 heterocycles. The number of nitrogens with zero attached hydrogens (tertiary/aromatic N) is 3. The normalized spacial score (nSPS) is 10.8. The monoisotopic (exact) mass is 457 g/mol. The molecule has 0 saturated heterocycles. The second kappa shape index (κ2) is 9.10. The first-order chi connectivity index (χ1) is 15.4. The van der Waals surface area contributed by atoms with Gasteiger partial charge in [0, 0.05) is 30.0 Å². The molecule has 0 spiro atoms. The van der Waals surface area contributed by atoms with Gasteiger partial charge in [-0.2, -0.15) is 4.98 Å². The molecule has 0 saturated carbocycles. The van der Waals surface area contributed by atoms with Gasteiger partial charge in [0.15, 0.2) is 5.82 Å². The fourth-order valence-electron chi connectivity index (χ4n) is 2.91. The Labute approximate surface area is 184 Å². The van der Waals surface area contributed by atoms with Gasteiger partial charge in [-0.3, -0.25) is 9.59 Å². The van der Waals surface area contributed by atoms with Crippen molar-refractivity contribution in [2.45, 2.75) is 6.42 Å². The number of methoxy groups -OCH3 is 1. The predicted molar refractivity (Wildman–Crippen MR) is 115 cm³/mol. The van der Waals surface area contributed by atoms with Crippen LogP contribution in [0.2, 0.25) is 0 Å². The van der Waals surface area contributed by atoms with Crippen molar-refractivity contribution in [3.05, 3.63) is 65.2 Å². The Balaban J connectivity index is 1.36. The molecule has 2 N–H and O–H groups in total. The molecular formula is C21H17F2N5O3S. The quantitative estimate of drug-likeness (QED) is 0.434. The predicted octanol–water partition coefficient (Wildman–Crippen LogP) is 3.04. The van der Waals surface area contributed by atoms with Crippen LogP contribution in [0.4, 0.5) is 14.5 Å². The van der Waals surface area contributed by atoms with Crippen LogP contribution in [0, 0.1) is 11.6 Å². The van der Waals surface area contributed by atoms with Crippen molar-refractivity contribution in [2.75, 3.05) is 19.0 Å². The zero-order valence-electron chi connectivity index (χ0n) is 16.8. The van der Waals surface area contributed by atoms with Crippen LogP contribution in [-0.4, -0.2) is 40.1 Å². The summed E-state index contributed by atoms with van der Waals surface area (Å²) in [5.74, 6) is -2.44. The number of aromatic nitrogens is 3. The Morgan fingerprint density at radius 1 is 1.12 bits per heavy atom. The Bertz CT molecular complexity index is 1290. The van der Waals surface area contributed by atoms with E-state index in [1.54, 1.807) is 11.6 Å². The Kier molecular flexibility index (Phi) is 6.08. The topological polar surface area (TPSA) is 97.6 Å². The molecule has 2 amide bonds. The van der Waals surface area contributed by atoms with E-state index < -0.39 is 23.4 Å². The highest BCUT2D eigenvalue weighted by atomic mass is 32.1. The molecule has 11 heteroatoms. The fraction of sp³-hybridized carbons (Fsp3) is 0.143. The van der Waals surface area contributed by atoms with Gasteiger partial charge in [0.25, 0.3) is 0 Å². The number of thiazole rings is 1. The van der Waals surface area contributed by atoms with Crippen LogP contribution < -0.4 is 15.4 Å². The van der Waals surface area contributed by atoms with Crippen LogP contribution in [-0.2, 0) is 16.0 Å². The third-order valence-corrected chi connectivity index (χ3v) is 5.42. The molecule has 32 heavy (non-hydrogen) atoms. The van der Waals surface area contributed by atoms with Crippen molar-refractivity contribution >= 4 is 33.8 Å². The molecule has 4 rings (SSSR count). The lowest BCUT2D eigenvalue weighted by atomic mass is 10.2. The number of carbonyl (C=O) groups excluding carboxylic acids is 2. The number of rotatable bonds is 6. The molecule has 0 aliphatic heterocycles. The smallest absolute Gasteiger partial charge is 0.313 e. The lowest BCUT2D eigenvalue weighted by Crippen LogP contribution is -2.36. The molecule has 0 aliphatic carbocycles. The number of fused-ring (bicyclic) bond motifs is 1. The number of anilines is 1. The molecular weight excluding hydrogens is 440 g/mol. The summed E-state index contributed by atoms with van der Waals surface area (Å²) in [6.45, 7) is 0.154. The highest BCUT2D eigenvalue weighted by Crippen LogP contribution is 2.23. The average molecular weight is 457 g/mol. The standard InChI is InChI=1S/C21H17F2N5O3S/c1-31-15-5-2-12(3-6-15)18-26-21-28(27-18)14(11-32-21)8-9-24-19(29)20(30)25-17-7-4-13(22)10-16(17)23/h2-7,10-11H,8-9H2,1H3,(H,24,29)(H,25,30). The van der Waals surface area contributed by atoms with Crippen LogP contribution >= 0.6 is 11.3 Å². The number of benzene rings is 2. The Morgan fingerprint density at radius 3 is 2.62 bits per heavy atom. The molecule has 0 bridgehead atoms. The van der Waals surface area contributed by atoms with Gasteiger partial charge in [-0.05, 0) is 36.4 Å². The van der Waals surface area contributed by atoms with Crippen LogP contribution in [0.15, 0.2) is 47.8 Å². The van der Waals surface area contributed by atoms with E-state index in [1.165, 1.54) is 11.3 Å². The third kappa shape index (κ3) is 4.57. The van der Waals surface area contributed by atoms with Crippen molar-refractivity contribution in [1.82, 2.24) is 19.9 Å². The lowest BCUT2D eigenvalue weighted by molar-refractivity contribution is -0.136. The summed E-state index contributed by atoms with van der Waals surface area (Å²) >= 11 is 1.41. The SMILES string of the molecule is COc1ccc(-c2nc3scc(CCNC(=O)C(=O)Nc4ccc(F)cc4F)n3n2)cc1. The van der Waals surface area contributed by atoms with Crippen molar-refractivity contribution < 1.29 is 23.1 Å². The summed E-state index contributed by atoms with van der Waals surface area (Å²) in [4.78, 5) is 29.1. The minimum absolute atomic E-state index is 0.154. The van der Waals surface area contributed by atoms with E-state index in [1.807, 2.05) is 29.6 Å². The first-order valence-corrected chi connectivity index (χ1v) is 10.3. The van der Waals surface area contributed by atoms with E-state index in [0.29, 0.717) is 23.3 Å². The van der Waals surface area contributed by atoms with Gasteiger partial charge < -0.3 is 15.4 Å². The second-order valence-electron chi connectivity index (χ2n) is 6.67. The summed E-state index contributed by atoms with van der Waals surface area (Å²) in [6, 6.07) is 10.0. The van der Waals surface area contributed by atoms with Crippen molar-refractivity contribution in [1.29, 1.82) is 0 Å². The maximum Gasteiger partial charge on any atom is 0.313 e. The zero-order valence-corrected chi connectivity index (χ0v) is 17.6. The van der Waals surface area contributed by atoms with Gasteiger partial charge >= 0.3 is 11.8 Å². The number of ether oxygens (including phenoxy) is 1. The van der Waals surface area contributed by atoms with Gasteiger partial charge in [-0.15, -0.1) is 16.4 Å². The minimum Gasteiger partial charge on any atom is -0.497 e. The fourth-order valence-corrected chi connectivity index (χ4v) is 3.77. The van der Waals surface area contributed by atoms with Gasteiger partial charge in [0.2, 0.25) is 4.96 Å². The van der Waals surface area contributed by atoms with Crippen molar-refractivity contribution in [2.24, 2.45) is 0 Å². The van der Waals surface area contributed by atoms with Gasteiger partial charge in [-0.1, -0.05) is 0 Å². The highest BCUT2D eigenvalue weighted by Gasteiger charge is 2.17. The average Bonchev–Trinajstić information content (AvgIpc) is 3.37. The third-order valence-electron chi connectivity index (χ3n) is 4.55. The number of hydrogen-bond acceptors (Lipinski definition) is 6. The van der Waals surface area contributed by atoms with Crippen molar-refractivity contribution in [3.8, 4) is 17.1 Å². The summed E-state index contributed by atoms with van der Waals surface area (Å²) < 4.78 is 33.4. The maximum atomic E-state index is 13.6. The van der Waals surface area contributed by atoms with Crippen LogP contribution in [0.25, 0.3) is 16.3 Å². The number of amides is 2. The summed E-state index contributed by atoms with van der Waals surface area (Å²) in [5.41, 5.74) is 1.37. The molecule has 0 atom stereocenters. The number of halogens is 2. The van der Waals surface area contributed by atoms with Crippen molar-refractivity contribution in [3.63, 3.8) is 0 Å². The zero-order chi connectivity index (χ0) is 22.7. The maximum absolute atomic E-state index is 13.6. The van der Waals surface area contributed by atoms with Crippen LogP contribution in [0.5, 0.6) is 5.75 Å². The first kappa shape index (κ1) is 21.4. The molecule has 8 nitrogen and oxygen atoms in total. The van der Waals surface area contributed by atoms with Gasteiger partial charge in [-0.25, -0.2) is 13.3 Å². The van der Waals surface area contributed by atoms with Gasteiger partial charge in [0.05, 0.1) is 18.5 Å². The van der Waals surface area contributed by atoms with Gasteiger partial charge in [0.1, 0.15) is 17.4 Å². The first-order valence-electron chi connectivity index (χ1n) is 9.46. The van der Waals surface area contributed by atoms with E-state index in [2.05, 4.69) is 20.7 Å². The van der Waals surface area contributed by atoms with Crippen LogP contribution in [0.3, 0.4) is 0 Å². The Morgan fingerprint density at radius 2 is 1.91 bits per heavy atom. The summed E-state index contributed by atoms with van der Waals surface area (Å²) in [6.07, 6.45) is 0.398. The van der Waals surface area contributed by atoms with Crippen LogP contribution in [0.1, 0.15) is 5.69 Å². The summed E-state index contributed by atoms with van der Waals surface area (Å²) in [7, 11) is 1.59. The van der Waals surface area contributed by atoms with E-state index in [0.717, 1.165) is 29.1 Å². The summed E-state index contributed by atoms with van der Waals surface area (Å²) in [5, 5.41) is 11.0. The minimum atomic E-state index is -1.05. The van der Waals surface area contributed by atoms with E-state index in [9.17, 15) is 18.4 Å². The van der Waals surface area contributed by atoms with E-state index in [4.69, 9.17) is 4.74 Å². The molecule has 2 aromatic heterocycles. The molecule has 0 radical (unpaired) electrons. The number of carbonyl (C=O) groups is 2. The molecule has 0 aliphatic rings. The Hall–Kier alpha value is -3.86. The van der Waals surface area contributed by atoms with E-state index >= 15 is 0 Å². The number of hydrogen-bond donors (Lipinski definition) is 2. The molecule has 2 aromatic carbocycles. The highest BCUT2D eigenvalue weighted by molar-refractivity contribution is 7.15. The lowest BCUT2D eigenvalue weighted by Gasteiger charge is -2.07. The van der Waals surface area contributed by atoms with E-state index in [-0.39, 0.29) is 12.2 Å².